The highest BCUT2D eigenvalue weighted by molar-refractivity contribution is 5.56. The van der Waals surface area contributed by atoms with Crippen LogP contribution in [0.3, 0.4) is 0 Å². The molecular formula is C14H18F3NO2. The second-order valence-corrected chi connectivity index (χ2v) is 4.86. The maximum absolute atomic E-state index is 12.2. The summed E-state index contributed by atoms with van der Waals surface area (Å²) in [6.07, 6.45) is -2.23. The van der Waals surface area contributed by atoms with Crippen molar-refractivity contribution >= 4 is 5.69 Å². The van der Waals surface area contributed by atoms with Crippen LogP contribution in [-0.4, -0.2) is 32.5 Å². The summed E-state index contributed by atoms with van der Waals surface area (Å²) >= 11 is 0. The quantitative estimate of drug-likeness (QED) is 0.900. The Balaban J connectivity index is 1.89. The minimum Gasteiger partial charge on any atom is -0.482 e. The van der Waals surface area contributed by atoms with Crippen molar-refractivity contribution in [2.24, 2.45) is 5.92 Å². The van der Waals surface area contributed by atoms with Crippen LogP contribution >= 0.6 is 0 Å². The molecule has 2 rings (SSSR count). The summed E-state index contributed by atoms with van der Waals surface area (Å²) in [5.74, 6) is 0.612. The molecule has 1 unspecified atom stereocenters. The lowest BCUT2D eigenvalue weighted by atomic mass is 10.0. The molecule has 3 nitrogen and oxygen atoms in total. The zero-order valence-electron chi connectivity index (χ0n) is 11.1. The third-order valence-corrected chi connectivity index (χ3v) is 3.11. The van der Waals surface area contributed by atoms with E-state index in [0.717, 1.165) is 19.4 Å². The normalized spacial score (nSPS) is 19.6. The van der Waals surface area contributed by atoms with Gasteiger partial charge < -0.3 is 14.8 Å². The van der Waals surface area contributed by atoms with E-state index in [2.05, 4.69) is 5.32 Å². The topological polar surface area (TPSA) is 30.5 Å². The van der Waals surface area contributed by atoms with Gasteiger partial charge in [0.15, 0.2) is 6.61 Å². The van der Waals surface area contributed by atoms with Gasteiger partial charge in [0, 0.05) is 13.2 Å². The van der Waals surface area contributed by atoms with Gasteiger partial charge in [0.1, 0.15) is 5.75 Å². The fourth-order valence-corrected chi connectivity index (χ4v) is 2.12. The van der Waals surface area contributed by atoms with Crippen LogP contribution in [0, 0.1) is 5.92 Å². The average molecular weight is 289 g/mol. The van der Waals surface area contributed by atoms with Crippen molar-refractivity contribution in [1.29, 1.82) is 0 Å². The fourth-order valence-electron chi connectivity index (χ4n) is 2.12. The molecule has 0 amide bonds. The number of halogens is 3. The van der Waals surface area contributed by atoms with Gasteiger partial charge in [0.05, 0.1) is 12.3 Å². The average Bonchev–Trinajstić information content (AvgIpc) is 2.44. The number of anilines is 1. The number of para-hydroxylation sites is 2. The van der Waals surface area contributed by atoms with Gasteiger partial charge in [-0.1, -0.05) is 12.1 Å². The highest BCUT2D eigenvalue weighted by Crippen LogP contribution is 2.27. The van der Waals surface area contributed by atoms with E-state index < -0.39 is 12.8 Å². The molecule has 1 saturated heterocycles. The molecule has 1 N–H and O–H groups in total. The van der Waals surface area contributed by atoms with Gasteiger partial charge in [0.25, 0.3) is 0 Å². The van der Waals surface area contributed by atoms with Crippen molar-refractivity contribution in [2.45, 2.75) is 19.0 Å². The van der Waals surface area contributed by atoms with Crippen molar-refractivity contribution in [2.75, 3.05) is 31.7 Å². The van der Waals surface area contributed by atoms with Gasteiger partial charge in [-0.05, 0) is 30.9 Å². The molecule has 1 aromatic rings. The van der Waals surface area contributed by atoms with Gasteiger partial charge in [-0.3, -0.25) is 0 Å². The summed E-state index contributed by atoms with van der Waals surface area (Å²) in [5, 5.41) is 3.15. The van der Waals surface area contributed by atoms with Gasteiger partial charge in [-0.25, -0.2) is 0 Å². The van der Waals surface area contributed by atoms with E-state index in [-0.39, 0.29) is 5.75 Å². The number of ether oxygens (including phenoxy) is 2. The molecule has 1 aliphatic rings. The minimum atomic E-state index is -4.33. The number of benzene rings is 1. The molecule has 0 bridgehead atoms. The van der Waals surface area contributed by atoms with Gasteiger partial charge in [0.2, 0.25) is 0 Å². The van der Waals surface area contributed by atoms with E-state index in [1.807, 2.05) is 0 Å². The molecule has 0 spiro atoms. The lowest BCUT2D eigenvalue weighted by Gasteiger charge is -2.23. The summed E-state index contributed by atoms with van der Waals surface area (Å²) in [6.45, 7) is 0.880. The smallest absolute Gasteiger partial charge is 0.422 e. The van der Waals surface area contributed by atoms with E-state index in [9.17, 15) is 13.2 Å². The van der Waals surface area contributed by atoms with Crippen LogP contribution in [0.1, 0.15) is 12.8 Å². The third kappa shape index (κ3) is 4.92. The summed E-state index contributed by atoms with van der Waals surface area (Å²) in [5.41, 5.74) is 0.585. The van der Waals surface area contributed by atoms with Gasteiger partial charge in [-0.15, -0.1) is 0 Å². The predicted octanol–water partition coefficient (Wildman–Crippen LogP) is 3.47. The third-order valence-electron chi connectivity index (χ3n) is 3.11. The van der Waals surface area contributed by atoms with E-state index in [0.29, 0.717) is 24.8 Å². The van der Waals surface area contributed by atoms with Crippen LogP contribution in [0.5, 0.6) is 5.75 Å². The van der Waals surface area contributed by atoms with E-state index in [1.54, 1.807) is 18.2 Å². The second kappa shape index (κ2) is 6.83. The van der Waals surface area contributed by atoms with E-state index in [1.165, 1.54) is 6.07 Å². The Morgan fingerprint density at radius 1 is 1.30 bits per heavy atom. The summed E-state index contributed by atoms with van der Waals surface area (Å²) in [6, 6.07) is 6.67. The highest BCUT2D eigenvalue weighted by Gasteiger charge is 2.28. The molecule has 1 heterocycles. The van der Waals surface area contributed by atoms with E-state index >= 15 is 0 Å². The largest absolute Gasteiger partial charge is 0.482 e. The van der Waals surface area contributed by atoms with Crippen molar-refractivity contribution in [3.63, 3.8) is 0 Å². The molecule has 0 radical (unpaired) electrons. The van der Waals surface area contributed by atoms with Gasteiger partial charge in [-0.2, -0.15) is 13.2 Å². The fraction of sp³-hybridized carbons (Fsp3) is 0.571. The number of hydrogen-bond donors (Lipinski definition) is 1. The Morgan fingerprint density at radius 3 is 2.80 bits per heavy atom. The lowest BCUT2D eigenvalue weighted by Crippen LogP contribution is -2.25. The van der Waals surface area contributed by atoms with Crippen LogP contribution in [0.25, 0.3) is 0 Å². The Kier molecular flexibility index (Phi) is 5.11. The number of nitrogens with one attached hydrogen (secondary N) is 1. The van der Waals surface area contributed by atoms with Gasteiger partial charge >= 0.3 is 6.18 Å². The van der Waals surface area contributed by atoms with Crippen LogP contribution in [0.15, 0.2) is 24.3 Å². The second-order valence-electron chi connectivity index (χ2n) is 4.86. The van der Waals surface area contributed by atoms with Crippen LogP contribution < -0.4 is 10.1 Å². The first kappa shape index (κ1) is 15.0. The summed E-state index contributed by atoms with van der Waals surface area (Å²) in [4.78, 5) is 0. The molecule has 0 saturated carbocycles. The van der Waals surface area contributed by atoms with Crippen molar-refractivity contribution in [3.05, 3.63) is 24.3 Å². The van der Waals surface area contributed by atoms with Crippen molar-refractivity contribution < 1.29 is 22.6 Å². The first-order valence-corrected chi connectivity index (χ1v) is 6.65. The van der Waals surface area contributed by atoms with Crippen LogP contribution in [0.2, 0.25) is 0 Å². The Labute approximate surface area is 116 Å². The molecule has 1 aliphatic heterocycles. The number of alkyl halides is 3. The molecule has 1 fully saturated rings. The van der Waals surface area contributed by atoms with Crippen LogP contribution in [-0.2, 0) is 4.74 Å². The predicted molar refractivity (Wildman–Crippen MR) is 70.0 cm³/mol. The zero-order valence-corrected chi connectivity index (χ0v) is 11.1. The molecule has 0 aromatic heterocycles. The number of hydrogen-bond acceptors (Lipinski definition) is 3. The highest BCUT2D eigenvalue weighted by atomic mass is 19.4. The van der Waals surface area contributed by atoms with Crippen molar-refractivity contribution in [3.8, 4) is 5.75 Å². The minimum absolute atomic E-state index is 0.224. The lowest BCUT2D eigenvalue weighted by molar-refractivity contribution is -0.153. The zero-order chi connectivity index (χ0) is 14.4. The SMILES string of the molecule is FC(F)(F)COc1ccccc1NCC1CCCOC1. The number of rotatable bonds is 5. The maximum atomic E-state index is 12.2. The van der Waals surface area contributed by atoms with Crippen LogP contribution in [0.4, 0.5) is 18.9 Å². The molecular weight excluding hydrogens is 271 g/mol. The first-order chi connectivity index (χ1) is 9.54. The molecule has 1 aromatic carbocycles. The van der Waals surface area contributed by atoms with E-state index in [4.69, 9.17) is 9.47 Å². The Morgan fingerprint density at radius 2 is 2.10 bits per heavy atom. The van der Waals surface area contributed by atoms with Crippen molar-refractivity contribution in [1.82, 2.24) is 0 Å². The maximum Gasteiger partial charge on any atom is 0.422 e. The molecule has 20 heavy (non-hydrogen) atoms. The molecule has 112 valence electrons. The summed E-state index contributed by atoms with van der Waals surface area (Å²) < 4.78 is 46.8. The standard InChI is InChI=1S/C14H18F3NO2/c15-14(16,17)10-20-13-6-2-1-5-12(13)18-8-11-4-3-7-19-9-11/h1-2,5-6,11,18H,3-4,7-10H2. The monoisotopic (exact) mass is 289 g/mol. The summed E-state index contributed by atoms with van der Waals surface area (Å²) in [7, 11) is 0. The molecule has 1 atom stereocenters. The Hall–Kier alpha value is -1.43. The first-order valence-electron chi connectivity index (χ1n) is 6.65. The molecule has 0 aliphatic carbocycles. The molecule has 6 heteroatoms. The Bertz CT molecular complexity index is 417.